The lowest BCUT2D eigenvalue weighted by Gasteiger charge is -2.40. The highest BCUT2D eigenvalue weighted by atomic mass is 19.1. The summed E-state index contributed by atoms with van der Waals surface area (Å²) in [6.45, 7) is 3.63. The van der Waals surface area contributed by atoms with Gasteiger partial charge in [-0.15, -0.1) is 0 Å². The zero-order valence-corrected chi connectivity index (χ0v) is 15.6. The molecule has 3 unspecified atom stereocenters. The van der Waals surface area contributed by atoms with Crippen molar-refractivity contribution >= 4 is 0 Å². The molecule has 1 fully saturated rings. The third-order valence-electron chi connectivity index (χ3n) is 5.62. The summed E-state index contributed by atoms with van der Waals surface area (Å²) >= 11 is 0. The number of hydrogen-bond donors (Lipinski definition) is 2. The molecule has 0 bridgehead atoms. The Morgan fingerprint density at radius 3 is 2.58 bits per heavy atom. The van der Waals surface area contributed by atoms with Crippen LogP contribution in [-0.2, 0) is 6.54 Å². The fourth-order valence-electron chi connectivity index (χ4n) is 4.19. The standard InChI is InChI=1S/C22H30FN3/c1-26(16-17-5-3-2-4-6-17)22-11-12-25-15-20(22)13-19(14-24)18-7-9-21(23)10-8-18/h2-10,19-20,22,25H,11-16,24H2,1H3. The van der Waals surface area contributed by atoms with Gasteiger partial charge in [-0.25, -0.2) is 4.39 Å². The Kier molecular flexibility index (Phi) is 6.78. The van der Waals surface area contributed by atoms with Crippen LogP contribution in [0.15, 0.2) is 54.6 Å². The van der Waals surface area contributed by atoms with Crippen LogP contribution in [0, 0.1) is 11.7 Å². The second-order valence-electron chi connectivity index (χ2n) is 7.44. The molecule has 3 rings (SSSR count). The summed E-state index contributed by atoms with van der Waals surface area (Å²) < 4.78 is 13.2. The van der Waals surface area contributed by atoms with E-state index < -0.39 is 0 Å². The number of nitrogens with one attached hydrogen (secondary N) is 1. The third kappa shape index (κ3) is 4.91. The van der Waals surface area contributed by atoms with Crippen molar-refractivity contribution < 1.29 is 4.39 Å². The molecule has 0 aromatic heterocycles. The molecule has 0 aliphatic carbocycles. The zero-order chi connectivity index (χ0) is 18.4. The molecule has 2 aromatic carbocycles. The molecule has 140 valence electrons. The summed E-state index contributed by atoms with van der Waals surface area (Å²) in [7, 11) is 2.23. The largest absolute Gasteiger partial charge is 0.330 e. The summed E-state index contributed by atoms with van der Waals surface area (Å²) in [5, 5.41) is 3.55. The number of benzene rings is 2. The van der Waals surface area contributed by atoms with Crippen LogP contribution in [0.1, 0.15) is 29.9 Å². The van der Waals surface area contributed by atoms with Crippen LogP contribution in [0.5, 0.6) is 0 Å². The molecule has 0 spiro atoms. The molecule has 0 saturated carbocycles. The number of rotatable bonds is 7. The van der Waals surface area contributed by atoms with Gasteiger partial charge in [0.15, 0.2) is 0 Å². The summed E-state index contributed by atoms with van der Waals surface area (Å²) in [5.41, 5.74) is 8.57. The van der Waals surface area contributed by atoms with E-state index >= 15 is 0 Å². The van der Waals surface area contributed by atoms with Crippen molar-refractivity contribution in [1.82, 2.24) is 10.2 Å². The molecule has 0 amide bonds. The first-order valence-corrected chi connectivity index (χ1v) is 9.57. The lowest BCUT2D eigenvalue weighted by molar-refractivity contribution is 0.122. The van der Waals surface area contributed by atoms with E-state index in [9.17, 15) is 4.39 Å². The van der Waals surface area contributed by atoms with Gasteiger partial charge in [-0.1, -0.05) is 42.5 Å². The molecule has 4 heteroatoms. The normalized spacial score (nSPS) is 21.7. The second kappa shape index (κ2) is 9.26. The summed E-state index contributed by atoms with van der Waals surface area (Å²) in [4.78, 5) is 2.49. The Morgan fingerprint density at radius 2 is 1.88 bits per heavy atom. The van der Waals surface area contributed by atoms with Gasteiger partial charge in [0.25, 0.3) is 0 Å². The van der Waals surface area contributed by atoms with Crippen LogP contribution in [-0.4, -0.2) is 37.6 Å². The number of piperidine rings is 1. The Balaban J connectivity index is 1.68. The van der Waals surface area contributed by atoms with Gasteiger partial charge in [-0.2, -0.15) is 0 Å². The smallest absolute Gasteiger partial charge is 0.123 e. The molecule has 1 aliphatic rings. The first-order valence-electron chi connectivity index (χ1n) is 9.57. The first kappa shape index (κ1) is 19.0. The Morgan fingerprint density at radius 1 is 1.15 bits per heavy atom. The maximum Gasteiger partial charge on any atom is 0.123 e. The minimum Gasteiger partial charge on any atom is -0.330 e. The summed E-state index contributed by atoms with van der Waals surface area (Å²) in [6, 6.07) is 18.0. The first-order chi connectivity index (χ1) is 12.7. The number of halogens is 1. The van der Waals surface area contributed by atoms with Gasteiger partial charge in [0.05, 0.1) is 0 Å². The maximum atomic E-state index is 13.2. The van der Waals surface area contributed by atoms with Crippen molar-refractivity contribution in [2.45, 2.75) is 31.3 Å². The fourth-order valence-corrected chi connectivity index (χ4v) is 4.19. The minimum atomic E-state index is -0.190. The Bertz CT molecular complexity index is 659. The Labute approximate surface area is 156 Å². The molecule has 26 heavy (non-hydrogen) atoms. The highest BCUT2D eigenvalue weighted by Gasteiger charge is 2.30. The molecule has 3 nitrogen and oxygen atoms in total. The lowest BCUT2D eigenvalue weighted by atomic mass is 9.81. The molecular weight excluding hydrogens is 325 g/mol. The van der Waals surface area contributed by atoms with Gasteiger partial charge in [0.2, 0.25) is 0 Å². The minimum absolute atomic E-state index is 0.190. The van der Waals surface area contributed by atoms with Gasteiger partial charge in [-0.3, -0.25) is 4.90 Å². The Hall–Kier alpha value is -1.75. The van der Waals surface area contributed by atoms with E-state index in [-0.39, 0.29) is 11.7 Å². The molecule has 3 N–H and O–H groups in total. The van der Waals surface area contributed by atoms with E-state index in [4.69, 9.17) is 5.73 Å². The van der Waals surface area contributed by atoms with E-state index in [1.807, 2.05) is 12.1 Å². The van der Waals surface area contributed by atoms with Gasteiger partial charge < -0.3 is 11.1 Å². The topological polar surface area (TPSA) is 41.3 Å². The third-order valence-corrected chi connectivity index (χ3v) is 5.62. The van der Waals surface area contributed by atoms with Crippen LogP contribution in [0.25, 0.3) is 0 Å². The zero-order valence-electron chi connectivity index (χ0n) is 15.6. The fraction of sp³-hybridized carbons (Fsp3) is 0.455. The number of nitrogens with zero attached hydrogens (tertiary/aromatic N) is 1. The summed E-state index contributed by atoms with van der Waals surface area (Å²) in [5.74, 6) is 0.619. The van der Waals surface area contributed by atoms with E-state index in [2.05, 4.69) is 47.6 Å². The molecule has 2 aromatic rings. The molecule has 1 saturated heterocycles. The monoisotopic (exact) mass is 355 g/mol. The van der Waals surface area contributed by atoms with Crippen LogP contribution in [0.3, 0.4) is 0 Å². The van der Waals surface area contributed by atoms with E-state index in [0.717, 1.165) is 38.0 Å². The highest BCUT2D eigenvalue weighted by molar-refractivity contribution is 5.21. The average Bonchev–Trinajstić information content (AvgIpc) is 2.68. The predicted octanol–water partition coefficient (Wildman–Crippen LogP) is 3.37. The van der Waals surface area contributed by atoms with Gasteiger partial charge >= 0.3 is 0 Å². The van der Waals surface area contributed by atoms with Crippen LogP contribution >= 0.6 is 0 Å². The second-order valence-corrected chi connectivity index (χ2v) is 7.44. The van der Waals surface area contributed by atoms with Gasteiger partial charge in [0.1, 0.15) is 5.82 Å². The van der Waals surface area contributed by atoms with Crippen molar-refractivity contribution in [3.63, 3.8) is 0 Å². The molecule has 1 heterocycles. The number of hydrogen-bond acceptors (Lipinski definition) is 3. The van der Waals surface area contributed by atoms with E-state index in [0.29, 0.717) is 18.5 Å². The van der Waals surface area contributed by atoms with Crippen molar-refractivity contribution in [3.8, 4) is 0 Å². The average molecular weight is 356 g/mol. The lowest BCUT2D eigenvalue weighted by Crippen LogP contribution is -2.48. The van der Waals surface area contributed by atoms with Crippen molar-refractivity contribution in [2.24, 2.45) is 11.7 Å². The van der Waals surface area contributed by atoms with Crippen molar-refractivity contribution in [2.75, 3.05) is 26.7 Å². The molecule has 0 radical (unpaired) electrons. The SMILES string of the molecule is CN(Cc1ccccc1)C1CCNCC1CC(CN)c1ccc(F)cc1. The van der Waals surface area contributed by atoms with Crippen LogP contribution in [0.2, 0.25) is 0 Å². The van der Waals surface area contributed by atoms with Crippen molar-refractivity contribution in [1.29, 1.82) is 0 Å². The van der Waals surface area contributed by atoms with E-state index in [1.165, 1.54) is 17.7 Å². The molecule has 1 aliphatic heterocycles. The molecule has 3 atom stereocenters. The van der Waals surface area contributed by atoms with Gasteiger partial charge in [-0.05, 0) is 74.6 Å². The van der Waals surface area contributed by atoms with E-state index in [1.54, 1.807) is 0 Å². The van der Waals surface area contributed by atoms with Crippen molar-refractivity contribution in [3.05, 3.63) is 71.5 Å². The number of nitrogens with two attached hydrogens (primary N) is 1. The summed E-state index contributed by atoms with van der Waals surface area (Å²) in [6.07, 6.45) is 2.17. The quantitative estimate of drug-likeness (QED) is 0.800. The highest BCUT2D eigenvalue weighted by Crippen LogP contribution is 2.29. The predicted molar refractivity (Wildman–Crippen MR) is 105 cm³/mol. The maximum absolute atomic E-state index is 13.2. The van der Waals surface area contributed by atoms with Crippen LogP contribution in [0.4, 0.5) is 4.39 Å². The van der Waals surface area contributed by atoms with Gasteiger partial charge in [0, 0.05) is 12.6 Å². The van der Waals surface area contributed by atoms with Crippen LogP contribution < -0.4 is 11.1 Å². The molecular formula is C22H30FN3.